The first kappa shape index (κ1) is 15.3. The second kappa shape index (κ2) is 6.13. The molecular weight excluding hydrogens is 270 g/mol. The number of amides is 1. The molecule has 1 amide bonds. The zero-order valence-electron chi connectivity index (χ0n) is 12.6. The van der Waals surface area contributed by atoms with E-state index in [9.17, 15) is 9.90 Å². The van der Waals surface area contributed by atoms with E-state index in [0.29, 0.717) is 18.7 Å². The number of aromatic nitrogens is 2. The summed E-state index contributed by atoms with van der Waals surface area (Å²) in [6, 6.07) is 3.50. The second-order valence-electron chi connectivity index (χ2n) is 5.49. The van der Waals surface area contributed by atoms with E-state index in [0.717, 1.165) is 11.3 Å². The van der Waals surface area contributed by atoms with Crippen molar-refractivity contribution in [3.63, 3.8) is 0 Å². The lowest BCUT2D eigenvalue weighted by Crippen LogP contribution is -2.38. The fraction of sp³-hybridized carbons (Fsp3) is 0.467. The average Bonchev–Trinajstić information content (AvgIpc) is 3.03. The highest BCUT2D eigenvalue weighted by Crippen LogP contribution is 2.21. The maximum absolute atomic E-state index is 11.8. The van der Waals surface area contributed by atoms with Gasteiger partial charge in [0.25, 0.3) is 0 Å². The Morgan fingerprint density at radius 1 is 1.48 bits per heavy atom. The lowest BCUT2D eigenvalue weighted by molar-refractivity contribution is -0.122. The first-order chi connectivity index (χ1) is 9.87. The number of carbonyl (C=O) groups is 1. The van der Waals surface area contributed by atoms with Gasteiger partial charge >= 0.3 is 0 Å². The Labute approximate surface area is 123 Å². The molecule has 2 rings (SSSR count). The van der Waals surface area contributed by atoms with Gasteiger partial charge in [0.15, 0.2) is 0 Å². The number of furan rings is 1. The quantitative estimate of drug-likeness (QED) is 0.845. The maximum Gasteiger partial charge on any atom is 0.221 e. The van der Waals surface area contributed by atoms with Gasteiger partial charge in [0.05, 0.1) is 12.7 Å². The van der Waals surface area contributed by atoms with E-state index >= 15 is 0 Å². The van der Waals surface area contributed by atoms with E-state index in [4.69, 9.17) is 4.42 Å². The molecule has 0 fully saturated rings. The molecule has 2 N–H and O–H groups in total. The molecule has 0 spiro atoms. The van der Waals surface area contributed by atoms with Gasteiger partial charge in [0, 0.05) is 19.2 Å². The Morgan fingerprint density at radius 3 is 2.81 bits per heavy atom. The molecule has 2 aromatic heterocycles. The Balaban J connectivity index is 1.80. The van der Waals surface area contributed by atoms with Crippen molar-refractivity contribution in [2.45, 2.75) is 39.3 Å². The number of nitrogens with zero attached hydrogens (tertiary/aromatic N) is 2. The minimum absolute atomic E-state index is 0.108. The molecule has 0 saturated heterocycles. The second-order valence-corrected chi connectivity index (χ2v) is 5.49. The molecule has 114 valence electrons. The van der Waals surface area contributed by atoms with E-state index in [-0.39, 0.29) is 12.5 Å². The molecule has 0 radical (unpaired) electrons. The highest BCUT2D eigenvalue weighted by molar-refractivity contribution is 5.75. The summed E-state index contributed by atoms with van der Waals surface area (Å²) in [5, 5.41) is 17.1. The monoisotopic (exact) mass is 291 g/mol. The van der Waals surface area contributed by atoms with Crippen LogP contribution in [0.15, 0.2) is 28.9 Å². The topological polar surface area (TPSA) is 80.3 Å². The summed E-state index contributed by atoms with van der Waals surface area (Å²) in [5.41, 5.74) is -0.154. The molecule has 0 aliphatic heterocycles. The smallest absolute Gasteiger partial charge is 0.221 e. The SMILES string of the molecule is Cc1cnn(CCC(=O)NCC(C)(O)c2ccc(C)o2)c1. The van der Waals surface area contributed by atoms with Crippen molar-refractivity contribution in [2.75, 3.05) is 6.54 Å². The van der Waals surface area contributed by atoms with Gasteiger partial charge in [-0.05, 0) is 38.5 Å². The lowest BCUT2D eigenvalue weighted by Gasteiger charge is -2.21. The van der Waals surface area contributed by atoms with Gasteiger partial charge in [0.2, 0.25) is 5.91 Å². The predicted octanol–water partition coefficient (Wildman–Crippen LogP) is 1.51. The number of nitrogens with one attached hydrogen (secondary N) is 1. The third-order valence-electron chi connectivity index (χ3n) is 3.23. The van der Waals surface area contributed by atoms with Gasteiger partial charge in [-0.2, -0.15) is 5.10 Å². The van der Waals surface area contributed by atoms with Crippen molar-refractivity contribution in [1.82, 2.24) is 15.1 Å². The molecule has 1 unspecified atom stereocenters. The lowest BCUT2D eigenvalue weighted by atomic mass is 10.0. The number of aliphatic hydroxyl groups is 1. The van der Waals surface area contributed by atoms with Crippen LogP contribution in [0.25, 0.3) is 0 Å². The van der Waals surface area contributed by atoms with Crippen LogP contribution in [0.5, 0.6) is 0 Å². The zero-order valence-corrected chi connectivity index (χ0v) is 12.6. The largest absolute Gasteiger partial charge is 0.463 e. The molecule has 6 heteroatoms. The first-order valence-corrected chi connectivity index (χ1v) is 6.92. The van der Waals surface area contributed by atoms with Crippen LogP contribution in [-0.4, -0.2) is 27.3 Å². The van der Waals surface area contributed by atoms with Gasteiger partial charge in [-0.1, -0.05) is 0 Å². The number of hydrogen-bond acceptors (Lipinski definition) is 4. The Morgan fingerprint density at radius 2 is 2.24 bits per heavy atom. The molecule has 0 saturated carbocycles. The summed E-state index contributed by atoms with van der Waals surface area (Å²) in [7, 11) is 0. The average molecular weight is 291 g/mol. The molecule has 0 aliphatic rings. The third kappa shape index (κ3) is 4.19. The summed E-state index contributed by atoms with van der Waals surface area (Å²) in [6.45, 7) is 6.00. The van der Waals surface area contributed by atoms with E-state index in [1.807, 2.05) is 20.0 Å². The summed E-state index contributed by atoms with van der Waals surface area (Å²) in [6.07, 6.45) is 3.95. The molecule has 1 atom stereocenters. The summed E-state index contributed by atoms with van der Waals surface area (Å²) < 4.78 is 7.12. The normalized spacial score (nSPS) is 13.9. The Kier molecular flexibility index (Phi) is 4.47. The fourth-order valence-corrected chi connectivity index (χ4v) is 1.98. The van der Waals surface area contributed by atoms with Crippen molar-refractivity contribution in [3.05, 3.63) is 41.6 Å². The molecule has 2 heterocycles. The molecule has 6 nitrogen and oxygen atoms in total. The van der Waals surface area contributed by atoms with Gasteiger partial charge in [-0.25, -0.2) is 0 Å². The highest BCUT2D eigenvalue weighted by atomic mass is 16.4. The molecule has 0 bridgehead atoms. The van der Waals surface area contributed by atoms with Gasteiger partial charge in [-0.3, -0.25) is 9.48 Å². The van der Waals surface area contributed by atoms with Crippen molar-refractivity contribution in [2.24, 2.45) is 0 Å². The first-order valence-electron chi connectivity index (χ1n) is 6.92. The summed E-state index contributed by atoms with van der Waals surface area (Å²) in [4.78, 5) is 11.8. The van der Waals surface area contributed by atoms with E-state index in [2.05, 4.69) is 10.4 Å². The third-order valence-corrected chi connectivity index (χ3v) is 3.23. The van der Waals surface area contributed by atoms with Crippen LogP contribution in [-0.2, 0) is 16.9 Å². The van der Waals surface area contributed by atoms with Crippen LogP contribution in [0.3, 0.4) is 0 Å². The van der Waals surface area contributed by atoms with E-state index in [1.54, 1.807) is 29.9 Å². The van der Waals surface area contributed by atoms with Gasteiger partial charge < -0.3 is 14.8 Å². The van der Waals surface area contributed by atoms with Gasteiger partial charge in [0.1, 0.15) is 17.1 Å². The fourth-order valence-electron chi connectivity index (χ4n) is 1.98. The minimum Gasteiger partial charge on any atom is -0.463 e. The van der Waals surface area contributed by atoms with Gasteiger partial charge in [-0.15, -0.1) is 0 Å². The molecule has 2 aromatic rings. The molecule has 0 aliphatic carbocycles. The van der Waals surface area contributed by atoms with Crippen LogP contribution >= 0.6 is 0 Å². The molecule has 0 aromatic carbocycles. The number of carbonyl (C=O) groups excluding carboxylic acids is 1. The van der Waals surface area contributed by atoms with Crippen LogP contribution in [0.1, 0.15) is 30.4 Å². The summed E-state index contributed by atoms with van der Waals surface area (Å²) >= 11 is 0. The van der Waals surface area contributed by atoms with E-state index in [1.165, 1.54) is 0 Å². The van der Waals surface area contributed by atoms with Crippen molar-refractivity contribution < 1.29 is 14.3 Å². The Bertz CT molecular complexity index is 613. The minimum atomic E-state index is -1.22. The number of rotatable bonds is 6. The van der Waals surface area contributed by atoms with Crippen LogP contribution < -0.4 is 5.32 Å². The van der Waals surface area contributed by atoms with Crippen LogP contribution in [0, 0.1) is 13.8 Å². The molecule has 21 heavy (non-hydrogen) atoms. The van der Waals surface area contributed by atoms with Crippen LogP contribution in [0.4, 0.5) is 0 Å². The van der Waals surface area contributed by atoms with Crippen LogP contribution in [0.2, 0.25) is 0 Å². The van der Waals surface area contributed by atoms with Crippen molar-refractivity contribution >= 4 is 5.91 Å². The number of hydrogen-bond donors (Lipinski definition) is 2. The van der Waals surface area contributed by atoms with E-state index < -0.39 is 5.60 Å². The Hall–Kier alpha value is -2.08. The predicted molar refractivity (Wildman–Crippen MR) is 77.6 cm³/mol. The zero-order chi connectivity index (χ0) is 15.5. The highest BCUT2D eigenvalue weighted by Gasteiger charge is 2.27. The molecular formula is C15H21N3O3. The van der Waals surface area contributed by atoms with Crippen molar-refractivity contribution in [3.8, 4) is 0 Å². The van der Waals surface area contributed by atoms with Crippen molar-refractivity contribution in [1.29, 1.82) is 0 Å². The maximum atomic E-state index is 11.8. The standard InChI is InChI=1S/C15H21N3O3/c1-11-8-17-18(9-11)7-6-14(19)16-10-15(3,20)13-5-4-12(2)21-13/h4-5,8-9,20H,6-7,10H2,1-3H3,(H,16,19). The summed E-state index contributed by atoms with van der Waals surface area (Å²) in [5.74, 6) is 1.04. The number of aryl methyl sites for hydroxylation is 3.